The quantitative estimate of drug-likeness (QED) is 0.520. The number of nitrogens with zero attached hydrogens (tertiary/aromatic N) is 2. The molecule has 0 saturated heterocycles. The highest BCUT2D eigenvalue weighted by Crippen LogP contribution is 2.33. The van der Waals surface area contributed by atoms with Crippen LogP contribution in [-0.2, 0) is 4.74 Å². The topological polar surface area (TPSA) is 34.5 Å². The van der Waals surface area contributed by atoms with Gasteiger partial charge in [0.1, 0.15) is 12.6 Å². The molecular formula is C20H13Cl3N2O. The molecule has 1 atom stereocenters. The Morgan fingerprint density at radius 3 is 2.23 bits per heavy atom. The van der Waals surface area contributed by atoms with E-state index in [1.165, 1.54) is 12.4 Å². The van der Waals surface area contributed by atoms with Gasteiger partial charge in [0, 0.05) is 23.0 Å². The summed E-state index contributed by atoms with van der Waals surface area (Å²) < 4.78 is 5.73. The summed E-state index contributed by atoms with van der Waals surface area (Å²) in [7, 11) is 0. The van der Waals surface area contributed by atoms with Crippen molar-refractivity contribution in [2.24, 2.45) is 4.99 Å². The molecule has 3 nitrogen and oxygen atoms in total. The fourth-order valence-corrected chi connectivity index (χ4v) is 3.65. The monoisotopic (exact) mass is 402 g/mol. The first kappa shape index (κ1) is 17.3. The number of pyridine rings is 1. The molecule has 1 aliphatic rings. The molecule has 0 aliphatic carbocycles. The van der Waals surface area contributed by atoms with E-state index >= 15 is 0 Å². The predicted octanol–water partition coefficient (Wildman–Crippen LogP) is 6.23. The predicted molar refractivity (Wildman–Crippen MR) is 106 cm³/mol. The Hall–Kier alpha value is -2.07. The Balaban J connectivity index is 1.61. The number of hydrogen-bond acceptors (Lipinski definition) is 3. The van der Waals surface area contributed by atoms with Crippen LogP contribution < -0.4 is 0 Å². The summed E-state index contributed by atoms with van der Waals surface area (Å²) in [6.07, 6.45) is 3.06. The highest BCUT2D eigenvalue weighted by Gasteiger charge is 2.25. The second-order valence-electron chi connectivity index (χ2n) is 5.84. The Kier molecular flexibility index (Phi) is 4.86. The molecule has 0 saturated carbocycles. The van der Waals surface area contributed by atoms with E-state index in [2.05, 4.69) is 9.98 Å². The van der Waals surface area contributed by atoms with Crippen LogP contribution in [0.15, 0.2) is 65.9 Å². The van der Waals surface area contributed by atoms with Crippen molar-refractivity contribution >= 4 is 40.7 Å². The van der Waals surface area contributed by atoms with Gasteiger partial charge in [-0.25, -0.2) is 4.99 Å². The summed E-state index contributed by atoms with van der Waals surface area (Å²) in [4.78, 5) is 8.60. The molecule has 2 heterocycles. The number of aliphatic imine (C=N–C) groups is 1. The average Bonchev–Trinajstić information content (AvgIpc) is 3.12. The smallest absolute Gasteiger partial charge is 0.220 e. The van der Waals surface area contributed by atoms with Crippen molar-refractivity contribution in [2.75, 3.05) is 6.61 Å². The van der Waals surface area contributed by atoms with Crippen molar-refractivity contribution in [3.63, 3.8) is 0 Å². The summed E-state index contributed by atoms with van der Waals surface area (Å²) in [5.41, 5.74) is 3.70. The SMILES string of the molecule is Clc1ccccc1-c1ccc(C2COC(c3c(Cl)cncc3Cl)=N2)cc1. The van der Waals surface area contributed by atoms with E-state index in [4.69, 9.17) is 39.5 Å². The zero-order chi connectivity index (χ0) is 18.1. The number of aromatic nitrogens is 1. The van der Waals surface area contributed by atoms with Crippen LogP contribution in [0.1, 0.15) is 17.2 Å². The molecule has 4 rings (SSSR count). The number of hydrogen-bond donors (Lipinski definition) is 0. The minimum atomic E-state index is -0.106. The fraction of sp³-hybridized carbons (Fsp3) is 0.100. The number of ether oxygens (including phenoxy) is 1. The van der Waals surface area contributed by atoms with Crippen molar-refractivity contribution in [1.82, 2.24) is 4.98 Å². The molecular weight excluding hydrogens is 391 g/mol. The lowest BCUT2D eigenvalue weighted by Gasteiger charge is -2.08. The van der Waals surface area contributed by atoms with Crippen LogP contribution in [0, 0.1) is 0 Å². The van der Waals surface area contributed by atoms with Crippen LogP contribution in [-0.4, -0.2) is 17.5 Å². The van der Waals surface area contributed by atoms with E-state index in [0.29, 0.717) is 28.1 Å². The van der Waals surface area contributed by atoms with Gasteiger partial charge in [0.2, 0.25) is 5.90 Å². The van der Waals surface area contributed by atoms with E-state index in [1.807, 2.05) is 48.5 Å². The molecule has 0 bridgehead atoms. The van der Waals surface area contributed by atoms with E-state index < -0.39 is 0 Å². The molecule has 0 amide bonds. The highest BCUT2D eigenvalue weighted by molar-refractivity contribution is 6.39. The molecule has 130 valence electrons. The third-order valence-electron chi connectivity index (χ3n) is 4.20. The summed E-state index contributed by atoms with van der Waals surface area (Å²) >= 11 is 18.6. The molecule has 0 radical (unpaired) electrons. The summed E-state index contributed by atoms with van der Waals surface area (Å²) in [5.74, 6) is 0.447. The first-order valence-electron chi connectivity index (χ1n) is 7.98. The first-order valence-corrected chi connectivity index (χ1v) is 9.11. The molecule has 1 unspecified atom stereocenters. The van der Waals surface area contributed by atoms with Gasteiger partial charge in [0.05, 0.1) is 15.6 Å². The van der Waals surface area contributed by atoms with Crippen molar-refractivity contribution in [2.45, 2.75) is 6.04 Å². The minimum absolute atomic E-state index is 0.106. The second-order valence-corrected chi connectivity index (χ2v) is 7.06. The lowest BCUT2D eigenvalue weighted by molar-refractivity contribution is 0.320. The van der Waals surface area contributed by atoms with Crippen LogP contribution in [0.3, 0.4) is 0 Å². The fourth-order valence-electron chi connectivity index (χ4n) is 2.88. The summed E-state index contributed by atoms with van der Waals surface area (Å²) in [5, 5.41) is 1.57. The summed E-state index contributed by atoms with van der Waals surface area (Å²) in [6.45, 7) is 0.440. The Bertz CT molecular complexity index is 966. The molecule has 1 aliphatic heterocycles. The second kappa shape index (κ2) is 7.28. The van der Waals surface area contributed by atoms with Gasteiger partial charge < -0.3 is 4.74 Å². The van der Waals surface area contributed by atoms with Crippen molar-refractivity contribution in [3.8, 4) is 11.1 Å². The molecule has 6 heteroatoms. The molecule has 26 heavy (non-hydrogen) atoms. The van der Waals surface area contributed by atoms with E-state index in [0.717, 1.165) is 21.7 Å². The number of benzene rings is 2. The molecule has 0 spiro atoms. The molecule has 3 aromatic rings. The normalized spacial score (nSPS) is 16.3. The van der Waals surface area contributed by atoms with Gasteiger partial charge in [-0.15, -0.1) is 0 Å². The standard InChI is InChI=1S/C20H13Cl3N2O/c21-15-4-2-1-3-14(15)12-5-7-13(8-6-12)18-11-26-20(25-18)19-16(22)9-24-10-17(19)23/h1-10,18H,11H2. The molecule has 2 aromatic carbocycles. The van der Waals surface area contributed by atoms with Gasteiger partial charge in [-0.05, 0) is 17.2 Å². The average molecular weight is 404 g/mol. The van der Waals surface area contributed by atoms with Gasteiger partial charge in [-0.3, -0.25) is 4.98 Å². The van der Waals surface area contributed by atoms with Gasteiger partial charge in [0.15, 0.2) is 0 Å². The van der Waals surface area contributed by atoms with E-state index in [-0.39, 0.29) is 6.04 Å². The zero-order valence-electron chi connectivity index (χ0n) is 13.5. The van der Waals surface area contributed by atoms with Gasteiger partial charge in [-0.2, -0.15) is 0 Å². The third-order valence-corrected chi connectivity index (χ3v) is 5.10. The summed E-state index contributed by atoms with van der Waals surface area (Å²) in [6, 6.07) is 15.8. The van der Waals surface area contributed by atoms with E-state index in [1.54, 1.807) is 0 Å². The maximum atomic E-state index is 6.27. The molecule has 0 N–H and O–H groups in total. The number of rotatable bonds is 3. The van der Waals surface area contributed by atoms with Crippen LogP contribution in [0.2, 0.25) is 15.1 Å². The Labute approximate surface area is 166 Å². The van der Waals surface area contributed by atoms with Gasteiger partial charge in [0.25, 0.3) is 0 Å². The van der Waals surface area contributed by atoms with E-state index in [9.17, 15) is 0 Å². The van der Waals surface area contributed by atoms with Crippen molar-refractivity contribution < 1.29 is 4.74 Å². The maximum Gasteiger partial charge on any atom is 0.220 e. The lowest BCUT2D eigenvalue weighted by atomic mass is 10.0. The highest BCUT2D eigenvalue weighted by atomic mass is 35.5. The van der Waals surface area contributed by atoms with Crippen LogP contribution in [0.25, 0.3) is 11.1 Å². The lowest BCUT2D eigenvalue weighted by Crippen LogP contribution is -2.03. The van der Waals surface area contributed by atoms with Crippen molar-refractivity contribution in [3.05, 3.63) is 87.1 Å². The Morgan fingerprint density at radius 2 is 1.54 bits per heavy atom. The Morgan fingerprint density at radius 1 is 0.846 bits per heavy atom. The van der Waals surface area contributed by atoms with Crippen LogP contribution in [0.5, 0.6) is 0 Å². The number of halogens is 3. The maximum absolute atomic E-state index is 6.27. The van der Waals surface area contributed by atoms with Gasteiger partial charge >= 0.3 is 0 Å². The van der Waals surface area contributed by atoms with Crippen LogP contribution >= 0.6 is 34.8 Å². The zero-order valence-corrected chi connectivity index (χ0v) is 15.8. The van der Waals surface area contributed by atoms with Crippen molar-refractivity contribution in [1.29, 1.82) is 0 Å². The van der Waals surface area contributed by atoms with Gasteiger partial charge in [-0.1, -0.05) is 77.3 Å². The third kappa shape index (κ3) is 3.30. The minimum Gasteiger partial charge on any atom is -0.475 e. The molecule has 1 aromatic heterocycles. The first-order chi connectivity index (χ1) is 12.6. The largest absolute Gasteiger partial charge is 0.475 e. The molecule has 0 fully saturated rings. The van der Waals surface area contributed by atoms with Crippen LogP contribution in [0.4, 0.5) is 0 Å².